The minimum absolute atomic E-state index is 0.131. The summed E-state index contributed by atoms with van der Waals surface area (Å²) in [6.07, 6.45) is 3.51. The zero-order chi connectivity index (χ0) is 20.3. The molecule has 0 aliphatic carbocycles. The van der Waals surface area contributed by atoms with E-state index < -0.39 is 0 Å². The molecule has 5 nitrogen and oxygen atoms in total. The lowest BCUT2D eigenvalue weighted by Crippen LogP contribution is -2.44. The van der Waals surface area contributed by atoms with E-state index in [9.17, 15) is 4.79 Å². The van der Waals surface area contributed by atoms with E-state index in [2.05, 4.69) is 55.5 Å². The second-order valence-electron chi connectivity index (χ2n) is 8.42. The highest BCUT2D eigenvalue weighted by Gasteiger charge is 2.32. The minimum Gasteiger partial charge on any atom is -0.378 e. The smallest absolute Gasteiger partial charge is 0.256 e. The molecule has 1 aliphatic heterocycles. The van der Waals surface area contributed by atoms with Crippen LogP contribution in [0.3, 0.4) is 0 Å². The Labute approximate surface area is 172 Å². The van der Waals surface area contributed by atoms with Crippen molar-refractivity contribution in [1.82, 2.24) is 15.1 Å². The van der Waals surface area contributed by atoms with Crippen LogP contribution in [0.2, 0.25) is 5.15 Å². The van der Waals surface area contributed by atoms with Gasteiger partial charge in [0.25, 0.3) is 5.91 Å². The van der Waals surface area contributed by atoms with Crippen LogP contribution in [0.25, 0.3) is 0 Å². The van der Waals surface area contributed by atoms with Crippen LogP contribution in [0.4, 0.5) is 0 Å². The second kappa shape index (κ2) is 8.66. The molecule has 0 spiro atoms. The first kappa shape index (κ1) is 20.9. The number of aryl methyl sites for hydroxylation is 2. The van der Waals surface area contributed by atoms with E-state index in [4.69, 9.17) is 16.3 Å². The number of aromatic nitrogens is 2. The molecule has 6 heteroatoms. The van der Waals surface area contributed by atoms with Gasteiger partial charge in [-0.3, -0.25) is 4.79 Å². The van der Waals surface area contributed by atoms with Crippen molar-refractivity contribution in [2.45, 2.75) is 59.6 Å². The van der Waals surface area contributed by atoms with Crippen molar-refractivity contribution in [2.75, 3.05) is 13.2 Å². The molecule has 2 aromatic rings. The Morgan fingerprint density at radius 1 is 1.29 bits per heavy atom. The van der Waals surface area contributed by atoms with Crippen molar-refractivity contribution in [1.29, 1.82) is 0 Å². The molecule has 1 unspecified atom stereocenters. The number of carbonyl (C=O) groups is 1. The standard InChI is InChI=1S/C22H30ClN3O2/c1-15-8-10-17(11-9-15)13-26-20(23)19(16(2)25-26)21(27)24-14-22(3,4)18-7-5-6-12-28-18/h8-11,18H,5-7,12-14H2,1-4H3,(H,24,27). The molecule has 1 aliphatic rings. The lowest BCUT2D eigenvalue weighted by Gasteiger charge is -2.36. The predicted octanol–water partition coefficient (Wildman–Crippen LogP) is 4.53. The SMILES string of the molecule is Cc1ccc(Cn2nc(C)c(C(=O)NCC(C)(C)C3CCCCO3)c2Cl)cc1. The Balaban J connectivity index is 1.68. The fourth-order valence-electron chi connectivity index (χ4n) is 3.65. The highest BCUT2D eigenvalue weighted by molar-refractivity contribution is 6.33. The minimum atomic E-state index is -0.179. The lowest BCUT2D eigenvalue weighted by molar-refractivity contribution is -0.0531. The number of amides is 1. The molecule has 1 amide bonds. The highest BCUT2D eigenvalue weighted by atomic mass is 35.5. The van der Waals surface area contributed by atoms with Gasteiger partial charge in [-0.15, -0.1) is 0 Å². The van der Waals surface area contributed by atoms with Crippen LogP contribution in [0.1, 0.15) is 60.3 Å². The fourth-order valence-corrected chi connectivity index (χ4v) is 3.97. The summed E-state index contributed by atoms with van der Waals surface area (Å²) in [5.41, 5.74) is 3.26. The first-order valence-electron chi connectivity index (χ1n) is 9.96. The van der Waals surface area contributed by atoms with E-state index in [1.807, 2.05) is 6.92 Å². The second-order valence-corrected chi connectivity index (χ2v) is 8.78. The van der Waals surface area contributed by atoms with E-state index in [-0.39, 0.29) is 17.4 Å². The van der Waals surface area contributed by atoms with Gasteiger partial charge in [-0.25, -0.2) is 4.68 Å². The summed E-state index contributed by atoms with van der Waals surface area (Å²) in [5, 5.41) is 7.91. The summed E-state index contributed by atoms with van der Waals surface area (Å²) >= 11 is 6.52. The number of ether oxygens (including phenoxy) is 1. The molecule has 0 radical (unpaired) electrons. The Bertz CT molecular complexity index is 821. The van der Waals surface area contributed by atoms with Gasteiger partial charge >= 0.3 is 0 Å². The van der Waals surface area contributed by atoms with Crippen molar-refractivity contribution >= 4 is 17.5 Å². The molecular weight excluding hydrogens is 374 g/mol. The molecule has 2 heterocycles. The predicted molar refractivity (Wildman–Crippen MR) is 112 cm³/mol. The van der Waals surface area contributed by atoms with Crippen LogP contribution >= 0.6 is 11.6 Å². The Hall–Kier alpha value is -1.85. The van der Waals surface area contributed by atoms with Crippen LogP contribution < -0.4 is 5.32 Å². The number of benzene rings is 1. The summed E-state index contributed by atoms with van der Waals surface area (Å²) in [6.45, 7) is 10.0. The van der Waals surface area contributed by atoms with Gasteiger partial charge in [-0.2, -0.15) is 5.10 Å². The van der Waals surface area contributed by atoms with Gasteiger partial charge < -0.3 is 10.1 Å². The van der Waals surface area contributed by atoms with Crippen LogP contribution in [0.15, 0.2) is 24.3 Å². The molecule has 1 aromatic carbocycles. The number of nitrogens with zero attached hydrogens (tertiary/aromatic N) is 2. The third-order valence-electron chi connectivity index (χ3n) is 5.50. The molecule has 1 fully saturated rings. The normalized spacial score (nSPS) is 17.5. The van der Waals surface area contributed by atoms with E-state index >= 15 is 0 Å². The highest BCUT2D eigenvalue weighted by Crippen LogP contribution is 2.30. The molecule has 1 saturated heterocycles. The van der Waals surface area contributed by atoms with Crippen LogP contribution in [0, 0.1) is 19.3 Å². The van der Waals surface area contributed by atoms with Gasteiger partial charge in [-0.1, -0.05) is 55.3 Å². The maximum atomic E-state index is 12.8. The molecule has 1 atom stereocenters. The summed E-state index contributed by atoms with van der Waals surface area (Å²) in [4.78, 5) is 12.8. The maximum absolute atomic E-state index is 12.8. The van der Waals surface area contributed by atoms with Crippen LogP contribution in [-0.4, -0.2) is 34.9 Å². The molecule has 28 heavy (non-hydrogen) atoms. The van der Waals surface area contributed by atoms with E-state index in [0.29, 0.717) is 29.5 Å². The Kier molecular flexibility index (Phi) is 6.46. The average molecular weight is 404 g/mol. The number of halogens is 1. The fraction of sp³-hybridized carbons (Fsp3) is 0.545. The molecule has 3 rings (SSSR count). The lowest BCUT2D eigenvalue weighted by atomic mass is 9.82. The Morgan fingerprint density at radius 2 is 2.00 bits per heavy atom. The van der Waals surface area contributed by atoms with Crippen LogP contribution in [-0.2, 0) is 11.3 Å². The third kappa shape index (κ3) is 4.76. The van der Waals surface area contributed by atoms with Crippen molar-refractivity contribution < 1.29 is 9.53 Å². The zero-order valence-electron chi connectivity index (χ0n) is 17.2. The average Bonchev–Trinajstić information content (AvgIpc) is 2.96. The molecule has 1 aromatic heterocycles. The van der Waals surface area contributed by atoms with Crippen molar-refractivity contribution in [2.24, 2.45) is 5.41 Å². The zero-order valence-corrected chi connectivity index (χ0v) is 18.0. The van der Waals surface area contributed by atoms with E-state index in [1.54, 1.807) is 4.68 Å². The van der Waals surface area contributed by atoms with Crippen molar-refractivity contribution in [3.05, 3.63) is 51.8 Å². The van der Waals surface area contributed by atoms with Crippen molar-refractivity contribution in [3.8, 4) is 0 Å². The topological polar surface area (TPSA) is 56.2 Å². The van der Waals surface area contributed by atoms with Gasteiger partial charge in [0.05, 0.1) is 23.9 Å². The number of hydrogen-bond donors (Lipinski definition) is 1. The van der Waals surface area contributed by atoms with Crippen molar-refractivity contribution in [3.63, 3.8) is 0 Å². The quantitative estimate of drug-likeness (QED) is 0.771. The third-order valence-corrected chi connectivity index (χ3v) is 5.89. The summed E-state index contributed by atoms with van der Waals surface area (Å²) in [5.74, 6) is -0.179. The first-order valence-corrected chi connectivity index (χ1v) is 10.3. The number of rotatable bonds is 6. The molecule has 0 saturated carbocycles. The number of hydrogen-bond acceptors (Lipinski definition) is 3. The molecular formula is C22H30ClN3O2. The monoisotopic (exact) mass is 403 g/mol. The number of carbonyl (C=O) groups excluding carboxylic acids is 1. The summed E-state index contributed by atoms with van der Waals surface area (Å²) in [7, 11) is 0. The Morgan fingerprint density at radius 3 is 2.64 bits per heavy atom. The van der Waals surface area contributed by atoms with Gasteiger partial charge in [0.2, 0.25) is 0 Å². The molecule has 0 bridgehead atoms. The largest absolute Gasteiger partial charge is 0.378 e. The van der Waals surface area contributed by atoms with E-state index in [0.717, 1.165) is 25.0 Å². The summed E-state index contributed by atoms with van der Waals surface area (Å²) < 4.78 is 7.60. The van der Waals surface area contributed by atoms with Crippen LogP contribution in [0.5, 0.6) is 0 Å². The van der Waals surface area contributed by atoms with Gasteiger partial charge in [0.1, 0.15) is 5.15 Å². The first-order chi connectivity index (χ1) is 13.3. The maximum Gasteiger partial charge on any atom is 0.256 e. The van der Waals surface area contributed by atoms with Gasteiger partial charge in [0, 0.05) is 18.6 Å². The molecule has 152 valence electrons. The summed E-state index contributed by atoms with van der Waals surface area (Å²) in [6, 6.07) is 8.22. The van der Waals surface area contributed by atoms with Gasteiger partial charge in [0.15, 0.2) is 0 Å². The van der Waals surface area contributed by atoms with Gasteiger partial charge in [-0.05, 0) is 38.7 Å². The number of nitrogens with one attached hydrogen (secondary N) is 1. The molecule has 1 N–H and O–H groups in total. The van der Waals surface area contributed by atoms with E-state index in [1.165, 1.54) is 12.0 Å².